The molecule has 2 aromatic heterocycles. The molecule has 9 heteroatoms. The SMILES string of the molecule is CNCCNc1ccc2c(CNCCOCCO)nn3c4cccc(=O)c4c(O)c1c23. The molecule has 0 aliphatic heterocycles. The van der Waals surface area contributed by atoms with Gasteiger partial charge in [-0.3, -0.25) is 4.79 Å². The van der Waals surface area contributed by atoms with E-state index in [2.05, 4.69) is 16.0 Å². The Labute approximate surface area is 179 Å². The summed E-state index contributed by atoms with van der Waals surface area (Å²) in [4.78, 5) is 12.6. The van der Waals surface area contributed by atoms with Gasteiger partial charge in [0.25, 0.3) is 0 Å². The second-order valence-electron chi connectivity index (χ2n) is 7.28. The maximum atomic E-state index is 12.6. The number of aliphatic hydroxyl groups excluding tert-OH is 1. The number of anilines is 1. The lowest BCUT2D eigenvalue weighted by atomic mass is 10.0. The Morgan fingerprint density at radius 3 is 2.77 bits per heavy atom. The molecule has 0 aliphatic rings. The van der Waals surface area contributed by atoms with E-state index in [1.807, 2.05) is 19.2 Å². The number of nitrogens with one attached hydrogen (secondary N) is 3. The molecule has 0 radical (unpaired) electrons. The number of nitrogens with zero attached hydrogens (tertiary/aromatic N) is 2. The summed E-state index contributed by atoms with van der Waals surface area (Å²) in [7, 11) is 1.88. The number of aliphatic hydroxyl groups is 1. The van der Waals surface area contributed by atoms with Gasteiger partial charge < -0.3 is 30.9 Å². The van der Waals surface area contributed by atoms with Crippen LogP contribution in [0.15, 0.2) is 35.1 Å². The summed E-state index contributed by atoms with van der Waals surface area (Å²) in [5, 5.41) is 36.2. The topological polar surface area (TPSA) is 120 Å². The van der Waals surface area contributed by atoms with Gasteiger partial charge in [0, 0.05) is 37.3 Å². The fraction of sp³-hybridized carbons (Fsp3) is 0.364. The van der Waals surface area contributed by atoms with E-state index < -0.39 is 0 Å². The lowest BCUT2D eigenvalue weighted by Gasteiger charge is -2.13. The lowest BCUT2D eigenvalue weighted by Crippen LogP contribution is -2.20. The number of hydrogen-bond acceptors (Lipinski definition) is 8. The van der Waals surface area contributed by atoms with Crippen molar-refractivity contribution in [3.8, 4) is 5.75 Å². The van der Waals surface area contributed by atoms with Crippen LogP contribution < -0.4 is 21.4 Å². The van der Waals surface area contributed by atoms with E-state index in [1.165, 1.54) is 6.07 Å². The number of fused-ring (bicyclic) bond motifs is 2. The molecule has 0 atom stereocenters. The zero-order valence-corrected chi connectivity index (χ0v) is 17.4. The molecule has 0 saturated heterocycles. The van der Waals surface area contributed by atoms with Gasteiger partial charge >= 0.3 is 0 Å². The molecule has 0 saturated carbocycles. The molecule has 0 aliphatic carbocycles. The summed E-state index contributed by atoms with van der Waals surface area (Å²) in [6.45, 7) is 3.35. The Morgan fingerprint density at radius 2 is 1.97 bits per heavy atom. The molecular weight excluding hydrogens is 398 g/mol. The van der Waals surface area contributed by atoms with Gasteiger partial charge in [0.05, 0.1) is 47.3 Å². The van der Waals surface area contributed by atoms with Crippen molar-refractivity contribution in [2.75, 3.05) is 51.8 Å². The Morgan fingerprint density at radius 1 is 1.10 bits per heavy atom. The van der Waals surface area contributed by atoms with Crippen molar-refractivity contribution in [3.63, 3.8) is 0 Å². The van der Waals surface area contributed by atoms with Crippen LogP contribution in [0.5, 0.6) is 5.75 Å². The minimum absolute atomic E-state index is 0.00358. The first-order chi connectivity index (χ1) is 15.2. The van der Waals surface area contributed by atoms with Crippen molar-refractivity contribution < 1.29 is 14.9 Å². The van der Waals surface area contributed by atoms with Crippen LogP contribution in [0.3, 0.4) is 0 Å². The summed E-state index contributed by atoms with van der Waals surface area (Å²) in [6.07, 6.45) is 0. The maximum Gasteiger partial charge on any atom is 0.191 e. The molecule has 31 heavy (non-hydrogen) atoms. The van der Waals surface area contributed by atoms with E-state index in [0.29, 0.717) is 43.8 Å². The van der Waals surface area contributed by atoms with Gasteiger partial charge in [-0.25, -0.2) is 4.52 Å². The van der Waals surface area contributed by atoms with Crippen molar-refractivity contribution in [2.24, 2.45) is 0 Å². The van der Waals surface area contributed by atoms with Crippen LogP contribution >= 0.6 is 0 Å². The minimum atomic E-state index is -0.241. The number of hydrogen-bond donors (Lipinski definition) is 5. The van der Waals surface area contributed by atoms with Gasteiger partial charge in [-0.15, -0.1) is 0 Å². The van der Waals surface area contributed by atoms with E-state index in [9.17, 15) is 9.90 Å². The Hall–Kier alpha value is -2.98. The zero-order chi connectivity index (χ0) is 21.8. The normalized spacial score (nSPS) is 11.8. The van der Waals surface area contributed by atoms with Crippen LogP contribution in [-0.4, -0.2) is 66.3 Å². The quantitative estimate of drug-likeness (QED) is 0.177. The monoisotopic (exact) mass is 425 g/mol. The largest absolute Gasteiger partial charge is 0.506 e. The summed E-state index contributed by atoms with van der Waals surface area (Å²) in [5.74, 6) is -0.0255. The highest BCUT2D eigenvalue weighted by Crippen LogP contribution is 2.40. The average molecular weight is 425 g/mol. The second kappa shape index (κ2) is 9.44. The molecule has 4 aromatic rings. The predicted octanol–water partition coefficient (Wildman–Crippen LogP) is 0.874. The highest BCUT2D eigenvalue weighted by Gasteiger charge is 2.21. The van der Waals surface area contributed by atoms with E-state index in [0.717, 1.165) is 28.8 Å². The Kier molecular flexibility index (Phi) is 6.47. The van der Waals surface area contributed by atoms with Crippen LogP contribution in [0.25, 0.3) is 27.2 Å². The van der Waals surface area contributed by atoms with Crippen LogP contribution in [0, 0.1) is 0 Å². The summed E-state index contributed by atoms with van der Waals surface area (Å²) >= 11 is 0. The third-order valence-corrected chi connectivity index (χ3v) is 5.27. The molecule has 164 valence electrons. The fourth-order valence-corrected chi connectivity index (χ4v) is 3.86. The molecule has 0 spiro atoms. The second-order valence-corrected chi connectivity index (χ2v) is 7.28. The molecule has 9 nitrogen and oxygen atoms in total. The van der Waals surface area contributed by atoms with Crippen molar-refractivity contribution in [1.29, 1.82) is 0 Å². The maximum absolute atomic E-state index is 12.6. The third-order valence-electron chi connectivity index (χ3n) is 5.27. The summed E-state index contributed by atoms with van der Waals surface area (Å²) in [5.41, 5.74) is 2.69. The highest BCUT2D eigenvalue weighted by molar-refractivity contribution is 6.13. The predicted molar refractivity (Wildman–Crippen MR) is 121 cm³/mol. The van der Waals surface area contributed by atoms with Crippen molar-refractivity contribution in [2.45, 2.75) is 6.54 Å². The van der Waals surface area contributed by atoms with Gasteiger partial charge in [-0.05, 0) is 31.3 Å². The number of rotatable bonds is 11. The molecule has 4 rings (SSSR count). The van der Waals surface area contributed by atoms with Crippen LogP contribution in [0.2, 0.25) is 0 Å². The highest BCUT2D eigenvalue weighted by atomic mass is 16.5. The number of aromatic nitrogens is 2. The van der Waals surface area contributed by atoms with Gasteiger partial charge in [-0.2, -0.15) is 5.10 Å². The third kappa shape index (κ3) is 4.00. The van der Waals surface area contributed by atoms with Crippen molar-refractivity contribution in [1.82, 2.24) is 20.2 Å². The van der Waals surface area contributed by atoms with E-state index in [-0.39, 0.29) is 23.2 Å². The number of likely N-dealkylation sites (N-methyl/N-ethyl adjacent to an activating group) is 1. The zero-order valence-electron chi connectivity index (χ0n) is 17.4. The first-order valence-corrected chi connectivity index (χ1v) is 10.4. The van der Waals surface area contributed by atoms with Crippen LogP contribution in [-0.2, 0) is 11.3 Å². The Bertz CT molecular complexity index is 1240. The van der Waals surface area contributed by atoms with E-state index >= 15 is 0 Å². The van der Waals surface area contributed by atoms with Gasteiger partial charge in [0.15, 0.2) is 5.43 Å². The molecule has 2 heterocycles. The standard InChI is InChI=1S/C22H27N5O4/c1-23-7-8-25-15-6-5-14-16(13-24-9-11-31-12-10-28)26-27-17-3-2-4-18(29)20(17)22(30)19(15)21(14)27/h2-6,23-25,28,30H,7-13H2,1H3. The van der Waals surface area contributed by atoms with Crippen LogP contribution in [0.1, 0.15) is 5.69 Å². The first-order valence-electron chi connectivity index (χ1n) is 10.4. The molecule has 5 N–H and O–H groups in total. The number of pyridine rings is 1. The average Bonchev–Trinajstić information content (AvgIpc) is 3.14. The molecule has 0 bridgehead atoms. The molecular formula is C22H27N5O4. The smallest absolute Gasteiger partial charge is 0.191 e. The van der Waals surface area contributed by atoms with E-state index in [4.69, 9.17) is 14.9 Å². The van der Waals surface area contributed by atoms with Crippen molar-refractivity contribution in [3.05, 3.63) is 46.2 Å². The number of aromatic hydroxyl groups is 1. The summed E-state index contributed by atoms with van der Waals surface area (Å²) < 4.78 is 7.03. The molecule has 0 unspecified atom stereocenters. The summed E-state index contributed by atoms with van der Waals surface area (Å²) in [6, 6.07) is 8.83. The number of benzene rings is 2. The van der Waals surface area contributed by atoms with Gasteiger partial charge in [0.2, 0.25) is 0 Å². The molecule has 0 amide bonds. The first kappa shape index (κ1) is 21.3. The van der Waals surface area contributed by atoms with Crippen molar-refractivity contribution >= 4 is 32.9 Å². The fourth-order valence-electron chi connectivity index (χ4n) is 3.86. The van der Waals surface area contributed by atoms with Gasteiger partial charge in [0.1, 0.15) is 5.75 Å². The minimum Gasteiger partial charge on any atom is -0.506 e. The van der Waals surface area contributed by atoms with Crippen LogP contribution in [0.4, 0.5) is 5.69 Å². The molecule has 2 aromatic carbocycles. The van der Waals surface area contributed by atoms with E-state index in [1.54, 1.807) is 16.6 Å². The molecule has 0 fully saturated rings. The number of ether oxygens (including phenoxy) is 1. The lowest BCUT2D eigenvalue weighted by molar-refractivity contribution is 0.0937. The van der Waals surface area contributed by atoms with Gasteiger partial charge in [-0.1, -0.05) is 6.07 Å². The Balaban J connectivity index is 1.81.